The van der Waals surface area contributed by atoms with Crippen LogP contribution in [0, 0.1) is 0 Å². The molecule has 0 unspecified atom stereocenters. The van der Waals surface area contributed by atoms with E-state index in [0.717, 1.165) is 55.2 Å². The molecule has 8 aromatic carbocycles. The molecule has 52 heavy (non-hydrogen) atoms. The molecule has 0 fully saturated rings. The Morgan fingerprint density at radius 2 is 0.923 bits per heavy atom. The average Bonchev–Trinajstić information content (AvgIpc) is 3.82. The Labute approximate surface area is 306 Å². The first-order chi connectivity index (χ1) is 25.7. The van der Waals surface area contributed by atoms with Crippen LogP contribution < -0.4 is 4.90 Å². The van der Waals surface area contributed by atoms with Crippen molar-refractivity contribution in [2.45, 2.75) is 5.41 Å². The van der Waals surface area contributed by atoms with E-state index in [-0.39, 0.29) is 0 Å². The highest BCUT2D eigenvalue weighted by Gasteiger charge is 2.52. The van der Waals surface area contributed by atoms with Crippen molar-refractivity contribution in [1.29, 1.82) is 0 Å². The summed E-state index contributed by atoms with van der Waals surface area (Å²) in [6, 6.07) is 65.0. The lowest BCUT2D eigenvalue weighted by Gasteiger charge is -2.30. The Hall–Kier alpha value is -6.35. The number of halogens is 1. The summed E-state index contributed by atoms with van der Waals surface area (Å²) in [6.45, 7) is 0. The number of furan rings is 1. The van der Waals surface area contributed by atoms with Gasteiger partial charge in [-0.1, -0.05) is 127 Å². The molecule has 1 heterocycles. The SMILES string of the molecule is Clc1cc(-c2ccc3c(c2)oc2cc(N(c4ccccc4)c4ccccc4)ccc23)c2c(c1)C1(c3ccccc3-c3ccccc31)c1ccccc1-2. The summed E-state index contributed by atoms with van der Waals surface area (Å²) in [7, 11) is 0. The third-order valence-corrected chi connectivity index (χ3v) is 11.3. The maximum absolute atomic E-state index is 7.14. The van der Waals surface area contributed by atoms with Crippen LogP contribution in [-0.2, 0) is 5.41 Å². The highest BCUT2D eigenvalue weighted by molar-refractivity contribution is 6.31. The van der Waals surface area contributed by atoms with Crippen LogP contribution in [0.3, 0.4) is 0 Å². The third kappa shape index (κ3) is 4.01. The molecule has 11 rings (SSSR count). The summed E-state index contributed by atoms with van der Waals surface area (Å²) in [5.41, 5.74) is 16.8. The molecular weight excluding hydrogens is 654 g/mol. The quantitative estimate of drug-likeness (QED) is 0.184. The van der Waals surface area contributed by atoms with Crippen molar-refractivity contribution < 1.29 is 4.42 Å². The molecule has 1 spiro atoms. The molecule has 2 aliphatic carbocycles. The summed E-state index contributed by atoms with van der Waals surface area (Å²) in [5.74, 6) is 0. The summed E-state index contributed by atoms with van der Waals surface area (Å²) in [4.78, 5) is 2.26. The van der Waals surface area contributed by atoms with Gasteiger partial charge < -0.3 is 9.32 Å². The highest BCUT2D eigenvalue weighted by atomic mass is 35.5. The Balaban J connectivity index is 1.11. The van der Waals surface area contributed by atoms with Crippen LogP contribution >= 0.6 is 11.6 Å². The average molecular weight is 684 g/mol. The number of anilines is 3. The molecule has 2 aliphatic rings. The van der Waals surface area contributed by atoms with E-state index in [1.165, 1.54) is 44.5 Å². The van der Waals surface area contributed by atoms with Gasteiger partial charge in [-0.3, -0.25) is 0 Å². The Bertz CT molecular complexity index is 2790. The molecule has 0 N–H and O–H groups in total. The molecule has 244 valence electrons. The molecule has 1 aromatic heterocycles. The largest absolute Gasteiger partial charge is 0.456 e. The summed E-state index contributed by atoms with van der Waals surface area (Å²) >= 11 is 7.14. The zero-order chi connectivity index (χ0) is 34.4. The molecule has 0 atom stereocenters. The number of nitrogens with zero attached hydrogens (tertiary/aromatic N) is 1. The first-order valence-corrected chi connectivity index (χ1v) is 18.1. The second-order valence-corrected chi connectivity index (χ2v) is 14.2. The van der Waals surface area contributed by atoms with E-state index in [4.69, 9.17) is 16.0 Å². The number of hydrogen-bond donors (Lipinski definition) is 0. The second-order valence-electron chi connectivity index (χ2n) is 13.8. The predicted octanol–water partition coefficient (Wildman–Crippen LogP) is 13.7. The Kier molecular flexibility index (Phi) is 6.26. The maximum Gasteiger partial charge on any atom is 0.137 e. The minimum absolute atomic E-state index is 0.456. The fraction of sp³-hybridized carbons (Fsp3) is 0.0204. The molecule has 2 nitrogen and oxygen atoms in total. The van der Waals surface area contributed by atoms with Crippen molar-refractivity contribution in [3.05, 3.63) is 209 Å². The van der Waals surface area contributed by atoms with Crippen molar-refractivity contribution in [1.82, 2.24) is 0 Å². The van der Waals surface area contributed by atoms with Crippen LogP contribution in [0.25, 0.3) is 55.3 Å². The van der Waals surface area contributed by atoms with Crippen molar-refractivity contribution in [2.75, 3.05) is 4.90 Å². The van der Waals surface area contributed by atoms with E-state index < -0.39 is 5.41 Å². The fourth-order valence-electron chi connectivity index (χ4n) is 9.08. The summed E-state index contributed by atoms with van der Waals surface area (Å²) in [6.07, 6.45) is 0. The summed E-state index contributed by atoms with van der Waals surface area (Å²) in [5, 5.41) is 2.90. The van der Waals surface area contributed by atoms with Crippen LogP contribution in [0.1, 0.15) is 22.3 Å². The van der Waals surface area contributed by atoms with Crippen LogP contribution in [0.2, 0.25) is 5.02 Å². The monoisotopic (exact) mass is 683 g/mol. The van der Waals surface area contributed by atoms with Gasteiger partial charge in [0.25, 0.3) is 0 Å². The molecule has 0 saturated carbocycles. The van der Waals surface area contributed by atoms with Crippen LogP contribution in [-0.4, -0.2) is 0 Å². The van der Waals surface area contributed by atoms with E-state index in [0.29, 0.717) is 0 Å². The lowest BCUT2D eigenvalue weighted by atomic mass is 9.70. The van der Waals surface area contributed by atoms with Gasteiger partial charge in [-0.15, -0.1) is 0 Å². The van der Waals surface area contributed by atoms with Gasteiger partial charge in [0.05, 0.1) is 5.41 Å². The molecule has 0 saturated heterocycles. The molecule has 0 bridgehead atoms. The molecule has 0 aliphatic heterocycles. The van der Waals surface area contributed by atoms with E-state index in [1.807, 2.05) is 12.1 Å². The normalized spacial score (nSPS) is 13.2. The molecule has 9 aromatic rings. The second kappa shape index (κ2) is 11.1. The molecule has 0 radical (unpaired) electrons. The van der Waals surface area contributed by atoms with Crippen molar-refractivity contribution >= 4 is 50.6 Å². The molecule has 0 amide bonds. The standard InChI is InChI=1S/C49H30ClNO/c50-32-28-41(48-40-19-9-12-22-44(40)49(45(48)29-32)42-20-10-7-17-36(42)37-18-8-11-21-43(37)49)31-23-25-38-39-26-24-35(30-47(39)52-46(38)27-31)51(33-13-3-1-4-14-33)34-15-5-2-6-16-34/h1-30H. The summed E-state index contributed by atoms with van der Waals surface area (Å²) < 4.78 is 6.72. The van der Waals surface area contributed by atoms with E-state index in [2.05, 4.69) is 175 Å². The fourth-order valence-corrected chi connectivity index (χ4v) is 9.30. The first kappa shape index (κ1) is 29.4. The Morgan fingerprint density at radius 3 is 1.56 bits per heavy atom. The topological polar surface area (TPSA) is 16.4 Å². The van der Waals surface area contributed by atoms with Crippen LogP contribution in [0.4, 0.5) is 17.1 Å². The number of fused-ring (bicyclic) bond motifs is 13. The van der Waals surface area contributed by atoms with Gasteiger partial charge in [0.15, 0.2) is 0 Å². The smallest absolute Gasteiger partial charge is 0.137 e. The zero-order valence-corrected chi connectivity index (χ0v) is 28.8. The minimum Gasteiger partial charge on any atom is -0.456 e. The van der Waals surface area contributed by atoms with Crippen molar-refractivity contribution in [2.24, 2.45) is 0 Å². The van der Waals surface area contributed by atoms with Gasteiger partial charge >= 0.3 is 0 Å². The third-order valence-electron chi connectivity index (χ3n) is 11.1. The van der Waals surface area contributed by atoms with Gasteiger partial charge in [-0.05, 0) is 116 Å². The van der Waals surface area contributed by atoms with Crippen molar-refractivity contribution in [3.8, 4) is 33.4 Å². The maximum atomic E-state index is 7.14. The Morgan fingerprint density at radius 1 is 0.404 bits per heavy atom. The number of benzene rings is 8. The predicted molar refractivity (Wildman–Crippen MR) is 215 cm³/mol. The lowest BCUT2D eigenvalue weighted by molar-refractivity contribution is 0.669. The van der Waals surface area contributed by atoms with Gasteiger partial charge in [0.1, 0.15) is 11.2 Å². The molecular formula is C49H30ClNO. The highest BCUT2D eigenvalue weighted by Crippen LogP contribution is 2.64. The van der Waals surface area contributed by atoms with E-state index in [1.54, 1.807) is 0 Å². The lowest BCUT2D eigenvalue weighted by Crippen LogP contribution is -2.25. The van der Waals surface area contributed by atoms with Crippen LogP contribution in [0.5, 0.6) is 0 Å². The van der Waals surface area contributed by atoms with Crippen molar-refractivity contribution in [3.63, 3.8) is 0 Å². The van der Waals surface area contributed by atoms with Gasteiger partial charge in [-0.2, -0.15) is 0 Å². The van der Waals surface area contributed by atoms with Gasteiger partial charge in [-0.25, -0.2) is 0 Å². The first-order valence-electron chi connectivity index (χ1n) is 17.7. The number of hydrogen-bond acceptors (Lipinski definition) is 2. The molecule has 3 heteroatoms. The zero-order valence-electron chi connectivity index (χ0n) is 28.1. The van der Waals surface area contributed by atoms with E-state index in [9.17, 15) is 0 Å². The van der Waals surface area contributed by atoms with Gasteiger partial charge in [0, 0.05) is 38.9 Å². The van der Waals surface area contributed by atoms with Gasteiger partial charge in [0.2, 0.25) is 0 Å². The van der Waals surface area contributed by atoms with E-state index >= 15 is 0 Å². The number of rotatable bonds is 4. The minimum atomic E-state index is -0.456. The van der Waals surface area contributed by atoms with Crippen LogP contribution in [0.15, 0.2) is 186 Å². The number of para-hydroxylation sites is 2.